The normalized spacial score (nSPS) is 22.3. The van der Waals surface area contributed by atoms with Gasteiger partial charge in [0.1, 0.15) is 18.4 Å². The molecule has 1 heterocycles. The lowest BCUT2D eigenvalue weighted by Crippen LogP contribution is -2.45. The van der Waals surface area contributed by atoms with E-state index in [9.17, 15) is 0 Å². The number of hydrogen-bond donors (Lipinski definition) is 0. The van der Waals surface area contributed by atoms with E-state index in [1.54, 1.807) is 0 Å². The van der Waals surface area contributed by atoms with Gasteiger partial charge in [-0.1, -0.05) is 44.0 Å². The highest BCUT2D eigenvalue weighted by Crippen LogP contribution is 2.26. The molecule has 0 aromatic heterocycles. The van der Waals surface area contributed by atoms with Gasteiger partial charge in [0.15, 0.2) is 0 Å². The van der Waals surface area contributed by atoms with Crippen molar-refractivity contribution in [1.82, 2.24) is 4.48 Å². The Kier molecular flexibility index (Phi) is 4.77. The van der Waals surface area contributed by atoms with Crippen molar-refractivity contribution in [1.29, 1.82) is 0 Å². The molecule has 0 bridgehead atoms. The number of benzene rings is 1. The minimum Gasteiger partial charge on any atom is -0.262 e. The van der Waals surface area contributed by atoms with E-state index >= 15 is 0 Å². The zero-order valence-electron chi connectivity index (χ0n) is 11.4. The highest BCUT2D eigenvalue weighted by atomic mass is 15.3. The molecule has 0 saturated heterocycles. The smallest absolute Gasteiger partial charge is 0.137 e. The number of nitrogens with zero attached hydrogens (tertiary/aromatic N) is 1. The van der Waals surface area contributed by atoms with Gasteiger partial charge in [-0.05, 0) is 37.1 Å². The quantitative estimate of drug-likeness (QED) is 0.503. The molecule has 1 atom stereocenters. The third-order valence-electron chi connectivity index (χ3n) is 3.73. The van der Waals surface area contributed by atoms with Gasteiger partial charge in [0.2, 0.25) is 0 Å². The molecule has 0 aliphatic carbocycles. The Balaban J connectivity index is 2.09. The first-order valence-corrected chi connectivity index (χ1v) is 7.14. The Hall–Kier alpha value is -1.34. The molecule has 1 aliphatic heterocycles. The number of rotatable bonds is 6. The third kappa shape index (κ3) is 3.11. The van der Waals surface area contributed by atoms with Crippen LogP contribution in [0.4, 0.5) is 5.69 Å². The zero-order valence-corrected chi connectivity index (χ0v) is 11.4. The molecule has 1 unspecified atom stereocenters. The lowest BCUT2D eigenvalue weighted by Gasteiger charge is -2.35. The van der Waals surface area contributed by atoms with E-state index in [0.717, 1.165) is 11.0 Å². The summed E-state index contributed by atoms with van der Waals surface area (Å²) in [6.07, 6.45) is 14.3. The maximum atomic E-state index is 2.35. The van der Waals surface area contributed by atoms with Crippen LogP contribution in [-0.4, -0.2) is 13.1 Å². The summed E-state index contributed by atoms with van der Waals surface area (Å²) in [7, 11) is 0. The molecule has 1 aromatic carbocycles. The van der Waals surface area contributed by atoms with Crippen LogP contribution in [0.1, 0.15) is 32.6 Å². The molecule has 1 heteroatoms. The van der Waals surface area contributed by atoms with Crippen molar-refractivity contribution >= 4 is 5.69 Å². The predicted octanol–water partition coefficient (Wildman–Crippen LogP) is 4.66. The number of allylic oxidation sites excluding steroid dienone is 2. The van der Waals surface area contributed by atoms with Crippen molar-refractivity contribution in [3.05, 3.63) is 54.8 Å². The summed E-state index contributed by atoms with van der Waals surface area (Å²) < 4.78 is 0.987. The van der Waals surface area contributed by atoms with Crippen LogP contribution in [-0.2, 0) is 0 Å². The maximum Gasteiger partial charge on any atom is 0.137 e. The van der Waals surface area contributed by atoms with E-state index < -0.39 is 0 Å². The van der Waals surface area contributed by atoms with Crippen LogP contribution in [0.2, 0.25) is 0 Å². The summed E-state index contributed by atoms with van der Waals surface area (Å²) in [4.78, 5) is 0. The van der Waals surface area contributed by atoms with E-state index in [-0.39, 0.29) is 0 Å². The van der Waals surface area contributed by atoms with Crippen molar-refractivity contribution in [2.75, 3.05) is 13.1 Å². The fourth-order valence-corrected chi connectivity index (χ4v) is 2.63. The van der Waals surface area contributed by atoms with E-state index in [1.165, 1.54) is 37.9 Å². The Bertz CT molecular complexity index is 405. The standard InChI is InChI=1S/C17H24N/c1-2-3-4-9-14-18(15-10-6-11-16-18)17-12-7-5-8-13-17/h5-8,10-13,15H,2-4,9,14,16H2,1H3/q+1. The lowest BCUT2D eigenvalue weighted by atomic mass is 10.1. The van der Waals surface area contributed by atoms with Gasteiger partial charge in [0, 0.05) is 0 Å². The number of quaternary nitrogens is 1. The van der Waals surface area contributed by atoms with Crippen molar-refractivity contribution in [2.24, 2.45) is 0 Å². The summed E-state index contributed by atoms with van der Waals surface area (Å²) >= 11 is 0. The van der Waals surface area contributed by atoms with E-state index in [2.05, 4.69) is 61.7 Å². The second kappa shape index (κ2) is 6.55. The van der Waals surface area contributed by atoms with Gasteiger partial charge in [0.25, 0.3) is 0 Å². The minimum atomic E-state index is 0.987. The summed E-state index contributed by atoms with van der Waals surface area (Å²) in [5.41, 5.74) is 1.41. The van der Waals surface area contributed by atoms with Crippen LogP contribution in [0, 0.1) is 0 Å². The SMILES string of the molecule is CCCCCC[N+]1(c2ccccc2)C=CC=CC1. The predicted molar refractivity (Wildman–Crippen MR) is 80.4 cm³/mol. The first-order valence-electron chi connectivity index (χ1n) is 7.14. The summed E-state index contributed by atoms with van der Waals surface area (Å²) in [5, 5.41) is 0. The Morgan fingerprint density at radius 3 is 2.50 bits per heavy atom. The van der Waals surface area contributed by atoms with Gasteiger partial charge in [-0.3, -0.25) is 4.48 Å². The topological polar surface area (TPSA) is 0 Å². The molecule has 0 saturated carbocycles. The molecule has 0 N–H and O–H groups in total. The third-order valence-corrected chi connectivity index (χ3v) is 3.73. The summed E-state index contributed by atoms with van der Waals surface area (Å²) in [6.45, 7) is 4.57. The average molecular weight is 242 g/mol. The van der Waals surface area contributed by atoms with Gasteiger partial charge in [-0.15, -0.1) is 0 Å². The van der Waals surface area contributed by atoms with Crippen LogP contribution >= 0.6 is 0 Å². The highest BCUT2D eigenvalue weighted by molar-refractivity contribution is 5.47. The molecule has 0 amide bonds. The van der Waals surface area contributed by atoms with Crippen LogP contribution in [0.3, 0.4) is 0 Å². The van der Waals surface area contributed by atoms with Crippen molar-refractivity contribution in [2.45, 2.75) is 32.6 Å². The fraction of sp³-hybridized carbons (Fsp3) is 0.412. The summed E-state index contributed by atoms with van der Waals surface area (Å²) in [6, 6.07) is 10.9. The highest BCUT2D eigenvalue weighted by Gasteiger charge is 2.27. The zero-order chi connectivity index (χ0) is 12.7. The molecule has 0 spiro atoms. The van der Waals surface area contributed by atoms with Gasteiger partial charge >= 0.3 is 0 Å². The first kappa shape index (κ1) is 13.1. The Labute approximate surface area is 111 Å². The van der Waals surface area contributed by atoms with E-state index in [1.807, 2.05) is 0 Å². The van der Waals surface area contributed by atoms with Crippen LogP contribution in [0.25, 0.3) is 0 Å². The Morgan fingerprint density at radius 2 is 1.83 bits per heavy atom. The van der Waals surface area contributed by atoms with Gasteiger partial charge in [-0.2, -0.15) is 0 Å². The van der Waals surface area contributed by atoms with Gasteiger partial charge in [-0.25, -0.2) is 0 Å². The van der Waals surface area contributed by atoms with Gasteiger partial charge in [0.05, 0.1) is 6.54 Å². The molecule has 0 radical (unpaired) electrons. The number of para-hydroxylation sites is 1. The second-order valence-electron chi connectivity index (χ2n) is 5.11. The van der Waals surface area contributed by atoms with E-state index in [0.29, 0.717) is 0 Å². The monoisotopic (exact) mass is 242 g/mol. The summed E-state index contributed by atoms with van der Waals surface area (Å²) in [5.74, 6) is 0. The largest absolute Gasteiger partial charge is 0.262 e. The number of hydrogen-bond acceptors (Lipinski definition) is 0. The molecule has 96 valence electrons. The average Bonchev–Trinajstić information content (AvgIpc) is 2.46. The van der Waals surface area contributed by atoms with Crippen LogP contribution < -0.4 is 4.48 Å². The molecule has 2 rings (SSSR count). The molecular weight excluding hydrogens is 218 g/mol. The van der Waals surface area contributed by atoms with E-state index in [4.69, 9.17) is 0 Å². The molecule has 1 nitrogen and oxygen atoms in total. The number of unbranched alkanes of at least 4 members (excludes halogenated alkanes) is 3. The first-order chi connectivity index (χ1) is 8.87. The van der Waals surface area contributed by atoms with Crippen molar-refractivity contribution in [3.8, 4) is 0 Å². The van der Waals surface area contributed by atoms with Crippen molar-refractivity contribution < 1.29 is 0 Å². The molecule has 18 heavy (non-hydrogen) atoms. The Morgan fingerprint density at radius 1 is 1.00 bits per heavy atom. The van der Waals surface area contributed by atoms with Crippen LogP contribution in [0.15, 0.2) is 54.8 Å². The second-order valence-corrected chi connectivity index (χ2v) is 5.11. The molecular formula is C17H24N+. The maximum absolute atomic E-state index is 2.35. The molecule has 0 fully saturated rings. The minimum absolute atomic E-state index is 0.987. The van der Waals surface area contributed by atoms with Crippen molar-refractivity contribution in [3.63, 3.8) is 0 Å². The van der Waals surface area contributed by atoms with Crippen LogP contribution in [0.5, 0.6) is 0 Å². The lowest BCUT2D eigenvalue weighted by molar-refractivity contribution is 0.385. The van der Waals surface area contributed by atoms with Gasteiger partial charge < -0.3 is 0 Å². The fourth-order valence-electron chi connectivity index (χ4n) is 2.63. The molecule has 1 aromatic rings. The molecule has 1 aliphatic rings.